The Balaban J connectivity index is 2.26. The number of hydrogen-bond acceptors (Lipinski definition) is 4. The highest BCUT2D eigenvalue weighted by atomic mass is 16.5. The zero-order chi connectivity index (χ0) is 15.1. The van der Waals surface area contributed by atoms with Crippen LogP contribution in [0.4, 0.5) is 0 Å². The van der Waals surface area contributed by atoms with Crippen molar-refractivity contribution in [3.63, 3.8) is 0 Å². The largest absolute Gasteiger partial charge is 0.497 e. The first-order chi connectivity index (χ1) is 10.3. The van der Waals surface area contributed by atoms with Crippen LogP contribution in [0.5, 0.6) is 11.5 Å². The standard InChI is InChI=1S/C17H23NO3/c1-4-9-18-16(11-14-6-5-10-21-14)15-8-7-13(19-2)12-17(15)20-3/h5-8,10,12,16,18H,4,9,11H2,1-3H3. The van der Waals surface area contributed by atoms with E-state index in [0.29, 0.717) is 0 Å². The van der Waals surface area contributed by atoms with E-state index >= 15 is 0 Å². The first kappa shape index (κ1) is 15.4. The lowest BCUT2D eigenvalue weighted by Crippen LogP contribution is -2.24. The lowest BCUT2D eigenvalue weighted by atomic mass is 10.0. The summed E-state index contributed by atoms with van der Waals surface area (Å²) in [6, 6.07) is 9.98. The van der Waals surface area contributed by atoms with E-state index in [4.69, 9.17) is 13.9 Å². The van der Waals surface area contributed by atoms with Gasteiger partial charge in [0.15, 0.2) is 0 Å². The number of rotatable bonds is 8. The van der Waals surface area contributed by atoms with Crippen molar-refractivity contribution in [2.45, 2.75) is 25.8 Å². The number of hydrogen-bond donors (Lipinski definition) is 1. The van der Waals surface area contributed by atoms with E-state index in [9.17, 15) is 0 Å². The monoisotopic (exact) mass is 289 g/mol. The average molecular weight is 289 g/mol. The van der Waals surface area contributed by atoms with E-state index < -0.39 is 0 Å². The van der Waals surface area contributed by atoms with Crippen LogP contribution in [-0.4, -0.2) is 20.8 Å². The Morgan fingerprint density at radius 3 is 2.67 bits per heavy atom. The molecule has 0 fully saturated rings. The summed E-state index contributed by atoms with van der Waals surface area (Å²) in [6.45, 7) is 3.10. The van der Waals surface area contributed by atoms with Gasteiger partial charge in [0.05, 0.1) is 20.5 Å². The predicted molar refractivity (Wildman–Crippen MR) is 83.0 cm³/mol. The van der Waals surface area contributed by atoms with Crippen molar-refractivity contribution >= 4 is 0 Å². The summed E-state index contributed by atoms with van der Waals surface area (Å²) in [6.07, 6.45) is 3.57. The summed E-state index contributed by atoms with van der Waals surface area (Å²) < 4.78 is 16.3. The number of benzene rings is 1. The van der Waals surface area contributed by atoms with Crippen molar-refractivity contribution in [2.24, 2.45) is 0 Å². The molecule has 1 aromatic heterocycles. The Morgan fingerprint density at radius 2 is 2.05 bits per heavy atom. The van der Waals surface area contributed by atoms with Gasteiger partial charge in [-0.2, -0.15) is 0 Å². The van der Waals surface area contributed by atoms with Gasteiger partial charge >= 0.3 is 0 Å². The van der Waals surface area contributed by atoms with Crippen LogP contribution in [0.25, 0.3) is 0 Å². The predicted octanol–water partition coefficient (Wildman–Crippen LogP) is 3.58. The molecule has 2 aromatic rings. The smallest absolute Gasteiger partial charge is 0.127 e. The lowest BCUT2D eigenvalue weighted by Gasteiger charge is -2.21. The topological polar surface area (TPSA) is 43.6 Å². The van der Waals surface area contributed by atoms with Gasteiger partial charge < -0.3 is 19.2 Å². The Morgan fingerprint density at radius 1 is 1.19 bits per heavy atom. The molecule has 1 unspecified atom stereocenters. The zero-order valence-electron chi connectivity index (χ0n) is 12.9. The number of ether oxygens (including phenoxy) is 2. The molecule has 1 N–H and O–H groups in total. The highest BCUT2D eigenvalue weighted by Crippen LogP contribution is 2.31. The molecule has 4 heteroatoms. The van der Waals surface area contributed by atoms with Crippen LogP contribution >= 0.6 is 0 Å². The molecule has 0 saturated heterocycles. The summed E-state index contributed by atoms with van der Waals surface area (Å²) >= 11 is 0. The maximum absolute atomic E-state index is 5.52. The normalized spacial score (nSPS) is 12.1. The van der Waals surface area contributed by atoms with Crippen molar-refractivity contribution in [2.75, 3.05) is 20.8 Å². The molecule has 114 valence electrons. The van der Waals surface area contributed by atoms with Crippen LogP contribution in [0.2, 0.25) is 0 Å². The second kappa shape index (κ2) is 7.74. The Kier molecular flexibility index (Phi) is 5.69. The third kappa shape index (κ3) is 4.02. The van der Waals surface area contributed by atoms with Gasteiger partial charge in [0.25, 0.3) is 0 Å². The summed E-state index contributed by atoms with van der Waals surface area (Å²) in [5.41, 5.74) is 1.11. The van der Waals surface area contributed by atoms with Gasteiger partial charge in [0, 0.05) is 24.1 Å². The molecule has 1 heterocycles. The molecular weight excluding hydrogens is 266 g/mol. The minimum Gasteiger partial charge on any atom is -0.497 e. The van der Waals surface area contributed by atoms with Crippen LogP contribution in [0.3, 0.4) is 0 Å². The third-order valence-electron chi connectivity index (χ3n) is 3.44. The fraction of sp³-hybridized carbons (Fsp3) is 0.412. The summed E-state index contributed by atoms with van der Waals surface area (Å²) in [5, 5.41) is 3.56. The van der Waals surface area contributed by atoms with Crippen molar-refractivity contribution in [1.82, 2.24) is 5.32 Å². The van der Waals surface area contributed by atoms with E-state index in [0.717, 1.165) is 42.2 Å². The average Bonchev–Trinajstić information content (AvgIpc) is 3.03. The summed E-state index contributed by atoms with van der Waals surface area (Å²) in [7, 11) is 3.34. The number of nitrogens with one attached hydrogen (secondary N) is 1. The molecule has 0 amide bonds. The van der Waals surface area contributed by atoms with Crippen molar-refractivity contribution < 1.29 is 13.9 Å². The maximum atomic E-state index is 5.52. The fourth-order valence-electron chi connectivity index (χ4n) is 2.35. The molecule has 0 aliphatic heterocycles. The summed E-state index contributed by atoms with van der Waals surface area (Å²) in [5.74, 6) is 2.58. The van der Waals surface area contributed by atoms with E-state index in [1.54, 1.807) is 20.5 Å². The molecule has 0 spiro atoms. The van der Waals surface area contributed by atoms with Crippen LogP contribution in [0.15, 0.2) is 41.0 Å². The van der Waals surface area contributed by atoms with Crippen LogP contribution < -0.4 is 14.8 Å². The number of furan rings is 1. The minimum atomic E-state index is 0.150. The van der Waals surface area contributed by atoms with Gasteiger partial charge in [-0.1, -0.05) is 13.0 Å². The Labute approximate surface area is 126 Å². The Hall–Kier alpha value is -1.94. The van der Waals surface area contributed by atoms with Gasteiger partial charge in [-0.25, -0.2) is 0 Å². The molecule has 0 aliphatic carbocycles. The van der Waals surface area contributed by atoms with Gasteiger partial charge in [-0.15, -0.1) is 0 Å². The quantitative estimate of drug-likeness (QED) is 0.806. The molecule has 0 bridgehead atoms. The van der Waals surface area contributed by atoms with Crippen LogP contribution in [0, 0.1) is 0 Å². The molecule has 4 nitrogen and oxygen atoms in total. The molecular formula is C17H23NO3. The molecule has 1 aromatic carbocycles. The maximum Gasteiger partial charge on any atom is 0.127 e. The van der Waals surface area contributed by atoms with E-state index in [-0.39, 0.29) is 6.04 Å². The van der Waals surface area contributed by atoms with E-state index in [1.165, 1.54) is 0 Å². The van der Waals surface area contributed by atoms with Crippen molar-refractivity contribution in [1.29, 1.82) is 0 Å². The molecule has 21 heavy (non-hydrogen) atoms. The minimum absolute atomic E-state index is 0.150. The van der Waals surface area contributed by atoms with Crippen LogP contribution in [0.1, 0.15) is 30.7 Å². The highest BCUT2D eigenvalue weighted by molar-refractivity contribution is 5.42. The van der Waals surface area contributed by atoms with Crippen molar-refractivity contribution in [3.8, 4) is 11.5 Å². The van der Waals surface area contributed by atoms with Gasteiger partial charge in [0.2, 0.25) is 0 Å². The molecule has 0 saturated carbocycles. The second-order valence-corrected chi connectivity index (χ2v) is 4.90. The molecule has 0 radical (unpaired) electrons. The van der Waals surface area contributed by atoms with Gasteiger partial charge in [-0.3, -0.25) is 0 Å². The van der Waals surface area contributed by atoms with Crippen LogP contribution in [-0.2, 0) is 6.42 Å². The van der Waals surface area contributed by atoms with E-state index in [1.807, 2.05) is 30.3 Å². The highest BCUT2D eigenvalue weighted by Gasteiger charge is 2.18. The van der Waals surface area contributed by atoms with Crippen molar-refractivity contribution in [3.05, 3.63) is 47.9 Å². The second-order valence-electron chi connectivity index (χ2n) is 4.90. The molecule has 1 atom stereocenters. The van der Waals surface area contributed by atoms with Gasteiger partial charge in [0.1, 0.15) is 17.3 Å². The van der Waals surface area contributed by atoms with Gasteiger partial charge in [-0.05, 0) is 31.2 Å². The molecule has 0 aliphatic rings. The SMILES string of the molecule is CCCNC(Cc1ccco1)c1ccc(OC)cc1OC. The first-order valence-electron chi connectivity index (χ1n) is 7.26. The number of methoxy groups -OCH3 is 2. The molecule has 2 rings (SSSR count). The third-order valence-corrected chi connectivity index (χ3v) is 3.44. The summed E-state index contributed by atoms with van der Waals surface area (Å²) in [4.78, 5) is 0. The zero-order valence-corrected chi connectivity index (χ0v) is 12.9. The van der Waals surface area contributed by atoms with E-state index in [2.05, 4.69) is 12.2 Å². The first-order valence-corrected chi connectivity index (χ1v) is 7.26. The fourth-order valence-corrected chi connectivity index (χ4v) is 2.35. The lowest BCUT2D eigenvalue weighted by molar-refractivity contribution is 0.379. The Bertz CT molecular complexity index is 537.